The van der Waals surface area contributed by atoms with Crippen LogP contribution in [0.25, 0.3) is 0 Å². The third-order valence-electron chi connectivity index (χ3n) is 0.467. The van der Waals surface area contributed by atoms with Crippen molar-refractivity contribution in [2.24, 2.45) is 5.10 Å². The Morgan fingerprint density at radius 1 is 1.56 bits per heavy atom. The summed E-state index contributed by atoms with van der Waals surface area (Å²) >= 11 is 0. The minimum Gasteiger partial charge on any atom is -0.716 e. The van der Waals surface area contributed by atoms with Crippen molar-refractivity contribution in [2.75, 3.05) is 0 Å². The number of hydrazone groups is 1. The first-order chi connectivity index (χ1) is 3.95. The minimum absolute atomic E-state index is 0.0972. The third kappa shape index (κ3) is 5.26. The lowest BCUT2D eigenvalue weighted by atomic mass is 10.2. The Balaban J connectivity index is 3.59. The van der Waals surface area contributed by atoms with Crippen molar-refractivity contribution in [3.8, 4) is 0 Å². The molecule has 0 aliphatic heterocycles. The van der Waals surface area contributed by atoms with Crippen LogP contribution >= 0.6 is 0 Å². The zero-order chi connectivity index (χ0) is 7.49. The van der Waals surface area contributed by atoms with Crippen LogP contribution in [0.2, 0.25) is 0 Å². The van der Waals surface area contributed by atoms with Crippen LogP contribution in [-0.4, -0.2) is 17.7 Å². The lowest BCUT2D eigenvalue weighted by molar-refractivity contribution is -0.198. The van der Waals surface area contributed by atoms with Gasteiger partial charge in [0, 0.05) is 6.72 Å². The number of hydrogen-bond donors (Lipinski definition) is 0. The van der Waals surface area contributed by atoms with Gasteiger partial charge in [0.25, 0.3) is 0 Å². The Kier molecular flexibility index (Phi) is 2.61. The summed E-state index contributed by atoms with van der Waals surface area (Å²) in [6, 6.07) is 0. The van der Waals surface area contributed by atoms with Gasteiger partial charge >= 0.3 is 0 Å². The largest absolute Gasteiger partial charge is 0.716 e. The monoisotopic (exact) mass is 131 g/mol. The summed E-state index contributed by atoms with van der Waals surface area (Å²) in [7, 11) is 0. The number of rotatable bonds is 2. The smallest absolute Gasteiger partial charge is 0.0887 e. The van der Waals surface area contributed by atoms with Crippen LogP contribution in [-0.2, 0) is 4.84 Å². The summed E-state index contributed by atoms with van der Waals surface area (Å²) in [5, 5.41) is 13.4. The maximum absolute atomic E-state index is 10.3. The van der Waals surface area contributed by atoms with Crippen molar-refractivity contribution in [2.45, 2.75) is 26.4 Å². The molecule has 0 radical (unpaired) electrons. The second-order valence-electron chi connectivity index (χ2n) is 2.58. The quantitative estimate of drug-likeness (QED) is 0.417. The first-order valence-corrected chi connectivity index (χ1v) is 2.59. The molecular formula is C5H11N2O2-. The van der Waals surface area contributed by atoms with Gasteiger partial charge in [0.15, 0.2) is 0 Å². The molecule has 4 nitrogen and oxygen atoms in total. The summed E-state index contributed by atoms with van der Waals surface area (Å²) in [6.07, 6.45) is 0. The van der Waals surface area contributed by atoms with E-state index in [1.54, 1.807) is 20.8 Å². The Bertz CT molecular complexity index is 97.6. The molecule has 0 aliphatic rings. The first-order valence-electron chi connectivity index (χ1n) is 2.59. The van der Waals surface area contributed by atoms with Gasteiger partial charge in [-0.3, -0.25) is 4.84 Å². The maximum Gasteiger partial charge on any atom is 0.0887 e. The van der Waals surface area contributed by atoms with Crippen LogP contribution in [0.4, 0.5) is 0 Å². The Labute approximate surface area is 54.6 Å². The Hall–Kier alpha value is -0.610. The fourth-order valence-corrected chi connectivity index (χ4v) is 0.263. The second kappa shape index (κ2) is 2.80. The van der Waals surface area contributed by atoms with E-state index >= 15 is 0 Å². The van der Waals surface area contributed by atoms with Crippen molar-refractivity contribution < 1.29 is 4.84 Å². The summed E-state index contributed by atoms with van der Waals surface area (Å²) in [5.41, 5.74) is -0.497. The molecule has 0 saturated carbocycles. The van der Waals surface area contributed by atoms with Crippen LogP contribution < -0.4 is 0 Å². The molecule has 9 heavy (non-hydrogen) atoms. The van der Waals surface area contributed by atoms with Gasteiger partial charge in [-0.25, -0.2) is 5.34 Å². The van der Waals surface area contributed by atoms with E-state index in [1.165, 1.54) is 0 Å². The van der Waals surface area contributed by atoms with Crippen LogP contribution in [0.1, 0.15) is 20.8 Å². The van der Waals surface area contributed by atoms with Crippen LogP contribution in [0.15, 0.2) is 5.10 Å². The zero-order valence-corrected chi connectivity index (χ0v) is 5.92. The molecule has 0 N–H and O–H groups in total. The van der Waals surface area contributed by atoms with Crippen molar-refractivity contribution in [1.82, 2.24) is 5.34 Å². The molecule has 4 heteroatoms. The molecular weight excluding hydrogens is 120 g/mol. The molecule has 0 amide bonds. The van der Waals surface area contributed by atoms with Gasteiger partial charge in [0.1, 0.15) is 0 Å². The lowest BCUT2D eigenvalue weighted by Crippen LogP contribution is -2.26. The molecule has 0 fully saturated rings. The van der Waals surface area contributed by atoms with Crippen molar-refractivity contribution in [1.29, 1.82) is 0 Å². The minimum atomic E-state index is -0.497. The SMILES string of the molecule is C=NN([O-])OC(C)(C)C. The molecule has 0 aromatic heterocycles. The van der Waals surface area contributed by atoms with E-state index in [0.29, 0.717) is 0 Å². The van der Waals surface area contributed by atoms with Crippen molar-refractivity contribution >= 4 is 6.72 Å². The highest BCUT2D eigenvalue weighted by Crippen LogP contribution is 2.08. The molecule has 0 aromatic carbocycles. The fourth-order valence-electron chi connectivity index (χ4n) is 0.263. The number of nitrogens with zero attached hydrogens (tertiary/aromatic N) is 2. The van der Waals surface area contributed by atoms with E-state index < -0.39 is 5.60 Å². The van der Waals surface area contributed by atoms with Gasteiger partial charge in [-0.05, 0) is 20.8 Å². The van der Waals surface area contributed by atoms with Gasteiger partial charge in [0.2, 0.25) is 0 Å². The summed E-state index contributed by atoms with van der Waals surface area (Å²) in [6.45, 7) is 8.24. The van der Waals surface area contributed by atoms with Gasteiger partial charge in [-0.1, -0.05) is 0 Å². The highest BCUT2D eigenvalue weighted by molar-refractivity contribution is 5.22. The molecule has 0 atom stereocenters. The lowest BCUT2D eigenvalue weighted by Gasteiger charge is -2.30. The average molecular weight is 131 g/mol. The maximum atomic E-state index is 10.3. The van der Waals surface area contributed by atoms with E-state index in [0.717, 1.165) is 0 Å². The topological polar surface area (TPSA) is 47.9 Å². The van der Waals surface area contributed by atoms with E-state index in [4.69, 9.17) is 0 Å². The van der Waals surface area contributed by atoms with E-state index in [9.17, 15) is 5.21 Å². The Morgan fingerprint density at radius 2 is 2.00 bits per heavy atom. The highest BCUT2D eigenvalue weighted by atomic mass is 16.9. The summed E-state index contributed by atoms with van der Waals surface area (Å²) in [4.78, 5) is 4.64. The molecule has 0 aromatic rings. The number of hydrogen-bond acceptors (Lipinski definition) is 4. The Morgan fingerprint density at radius 3 is 2.11 bits per heavy atom. The van der Waals surface area contributed by atoms with E-state index in [2.05, 4.69) is 16.7 Å². The molecule has 0 heterocycles. The van der Waals surface area contributed by atoms with E-state index in [-0.39, 0.29) is 5.34 Å². The third-order valence-corrected chi connectivity index (χ3v) is 0.467. The van der Waals surface area contributed by atoms with Crippen LogP contribution in [0.3, 0.4) is 0 Å². The predicted octanol–water partition coefficient (Wildman–Crippen LogP) is 1.13. The molecule has 0 aliphatic carbocycles. The molecule has 0 rings (SSSR count). The van der Waals surface area contributed by atoms with Crippen molar-refractivity contribution in [3.05, 3.63) is 5.21 Å². The van der Waals surface area contributed by atoms with Crippen molar-refractivity contribution in [3.63, 3.8) is 0 Å². The normalized spacial score (nSPS) is 11.1. The first kappa shape index (κ1) is 8.39. The van der Waals surface area contributed by atoms with E-state index in [1.807, 2.05) is 0 Å². The standard InChI is InChI=1S/C5H11N2O2/c1-5(2,3)9-7(8)6-4/h4H2,1-3H3/q-1. The molecule has 0 unspecified atom stereocenters. The van der Waals surface area contributed by atoms with Crippen LogP contribution in [0.5, 0.6) is 0 Å². The van der Waals surface area contributed by atoms with Gasteiger partial charge in [-0.2, -0.15) is 5.10 Å². The van der Waals surface area contributed by atoms with Gasteiger partial charge < -0.3 is 5.21 Å². The highest BCUT2D eigenvalue weighted by Gasteiger charge is 2.10. The fraction of sp³-hybridized carbons (Fsp3) is 0.800. The molecule has 0 spiro atoms. The van der Waals surface area contributed by atoms with Gasteiger partial charge in [0.05, 0.1) is 5.60 Å². The summed E-state index contributed by atoms with van der Waals surface area (Å²) in [5.74, 6) is 0. The second-order valence-corrected chi connectivity index (χ2v) is 2.58. The average Bonchev–Trinajstić information content (AvgIpc) is 1.62. The zero-order valence-electron chi connectivity index (χ0n) is 5.92. The van der Waals surface area contributed by atoms with Gasteiger partial charge in [-0.15, -0.1) is 0 Å². The van der Waals surface area contributed by atoms with Crippen LogP contribution in [0, 0.1) is 5.21 Å². The predicted molar refractivity (Wildman–Crippen MR) is 35.6 cm³/mol. The summed E-state index contributed by atoms with van der Waals surface area (Å²) < 4.78 is 0. The molecule has 54 valence electrons. The molecule has 0 saturated heterocycles. The molecule has 0 bridgehead atoms.